The van der Waals surface area contributed by atoms with Crippen LogP contribution < -0.4 is 5.73 Å². The summed E-state index contributed by atoms with van der Waals surface area (Å²) in [7, 11) is 0. The van der Waals surface area contributed by atoms with Crippen molar-refractivity contribution in [2.45, 2.75) is 6.42 Å². The Morgan fingerprint density at radius 1 is 1.13 bits per heavy atom. The average molecular weight is 206 g/mol. The highest BCUT2D eigenvalue weighted by Crippen LogP contribution is 1.94. The highest BCUT2D eigenvalue weighted by molar-refractivity contribution is 5.89. The number of allylic oxidation sites excluding steroid dienone is 2. The molecule has 0 aromatic rings. The van der Waals surface area contributed by atoms with Gasteiger partial charge in [0.05, 0.1) is 0 Å². The second-order valence-electron chi connectivity index (χ2n) is 2.55. The van der Waals surface area contributed by atoms with Gasteiger partial charge in [-0.3, -0.25) is 14.5 Å². The molecule has 0 heterocycles. The number of amides is 2. The number of hydrogen-bond acceptors (Lipinski definition) is 2. The molecule has 0 aliphatic rings. The molecule has 0 aliphatic heterocycles. The molecule has 0 aromatic carbocycles. The number of rotatable bonds is 6. The summed E-state index contributed by atoms with van der Waals surface area (Å²) in [6.07, 6.45) is 8.98. The zero-order valence-corrected chi connectivity index (χ0v) is 8.43. The van der Waals surface area contributed by atoms with Crippen molar-refractivity contribution in [1.29, 1.82) is 0 Å². The maximum atomic E-state index is 11.3. The van der Waals surface area contributed by atoms with E-state index in [2.05, 4.69) is 13.2 Å². The minimum absolute atomic E-state index is 0.243. The van der Waals surface area contributed by atoms with Gasteiger partial charge in [0, 0.05) is 18.5 Å². The molecule has 2 N–H and O–H groups in total. The van der Waals surface area contributed by atoms with Crippen molar-refractivity contribution in [2.75, 3.05) is 0 Å². The molecule has 0 aromatic heterocycles. The first-order chi connectivity index (χ1) is 7.11. The van der Waals surface area contributed by atoms with Crippen LogP contribution in [-0.2, 0) is 9.59 Å². The van der Waals surface area contributed by atoms with Gasteiger partial charge in [0.25, 0.3) is 5.91 Å². The molecular weight excluding hydrogens is 192 g/mol. The van der Waals surface area contributed by atoms with E-state index < -0.39 is 5.91 Å². The van der Waals surface area contributed by atoms with E-state index in [1.807, 2.05) is 0 Å². The number of hydrogen-bond donors (Lipinski definition) is 1. The van der Waals surface area contributed by atoms with Crippen LogP contribution in [0.15, 0.2) is 49.9 Å². The highest BCUT2D eigenvalue weighted by Gasteiger charge is 1.99. The largest absolute Gasteiger partial charge is 0.366 e. The Morgan fingerprint density at radius 3 is 2.13 bits per heavy atom. The molecule has 4 nitrogen and oxygen atoms in total. The second-order valence-corrected chi connectivity index (χ2v) is 2.55. The van der Waals surface area contributed by atoms with Crippen LogP contribution in [0, 0.1) is 0 Å². The molecule has 4 heteroatoms. The van der Waals surface area contributed by atoms with Crippen molar-refractivity contribution >= 4 is 11.8 Å². The zero-order chi connectivity index (χ0) is 11.7. The van der Waals surface area contributed by atoms with Gasteiger partial charge < -0.3 is 5.73 Å². The van der Waals surface area contributed by atoms with E-state index in [9.17, 15) is 9.59 Å². The molecule has 15 heavy (non-hydrogen) atoms. The fourth-order valence-electron chi connectivity index (χ4n) is 0.772. The minimum Gasteiger partial charge on any atom is -0.366 e. The molecule has 80 valence electrons. The fourth-order valence-corrected chi connectivity index (χ4v) is 0.772. The SMILES string of the molecule is C=CN(C=C)C(=O)C=CCC=CC(N)=O. The Kier molecular flexibility index (Phi) is 6.29. The Balaban J connectivity index is 4.06. The smallest absolute Gasteiger partial charge is 0.254 e. The molecule has 0 aliphatic carbocycles. The quantitative estimate of drug-likeness (QED) is 0.661. The van der Waals surface area contributed by atoms with Gasteiger partial charge in [-0.25, -0.2) is 0 Å². The number of primary amides is 1. The predicted molar refractivity (Wildman–Crippen MR) is 59.3 cm³/mol. The van der Waals surface area contributed by atoms with Crippen LogP contribution >= 0.6 is 0 Å². The summed E-state index contributed by atoms with van der Waals surface area (Å²) in [5.74, 6) is -0.749. The fraction of sp³-hybridized carbons (Fsp3) is 0.0909. The first-order valence-corrected chi connectivity index (χ1v) is 4.31. The molecular formula is C11H14N2O2. The minimum atomic E-state index is -0.506. The summed E-state index contributed by atoms with van der Waals surface area (Å²) in [5.41, 5.74) is 4.87. The Morgan fingerprint density at radius 2 is 1.67 bits per heavy atom. The third-order valence-corrected chi connectivity index (χ3v) is 1.46. The van der Waals surface area contributed by atoms with E-state index >= 15 is 0 Å². The lowest BCUT2D eigenvalue weighted by Gasteiger charge is -2.07. The van der Waals surface area contributed by atoms with Gasteiger partial charge in [-0.2, -0.15) is 0 Å². The molecule has 0 fully saturated rings. The standard InChI is InChI=1S/C11H14N2O2/c1-3-13(4-2)11(15)9-7-5-6-8-10(12)14/h3-4,6-9H,1-2,5H2,(H2,12,14). The summed E-state index contributed by atoms with van der Waals surface area (Å²) in [6, 6.07) is 0. The average Bonchev–Trinajstić information content (AvgIpc) is 2.18. The number of nitrogens with zero attached hydrogens (tertiary/aromatic N) is 1. The van der Waals surface area contributed by atoms with Gasteiger partial charge in [0.1, 0.15) is 0 Å². The van der Waals surface area contributed by atoms with Crippen LogP contribution in [0.2, 0.25) is 0 Å². The molecule has 0 rings (SSSR count). The van der Waals surface area contributed by atoms with Crippen molar-refractivity contribution in [1.82, 2.24) is 4.90 Å². The molecule has 0 saturated heterocycles. The number of carbonyl (C=O) groups excluding carboxylic acids is 2. The maximum Gasteiger partial charge on any atom is 0.254 e. The lowest BCUT2D eigenvalue weighted by Crippen LogP contribution is -2.15. The van der Waals surface area contributed by atoms with Crippen LogP contribution in [0.1, 0.15) is 6.42 Å². The zero-order valence-electron chi connectivity index (χ0n) is 8.43. The molecule has 2 amide bonds. The van der Waals surface area contributed by atoms with Gasteiger partial charge >= 0.3 is 0 Å². The Bertz CT molecular complexity index is 309. The molecule has 0 atom stereocenters. The van der Waals surface area contributed by atoms with Gasteiger partial charge in [0.2, 0.25) is 5.91 Å². The van der Waals surface area contributed by atoms with Gasteiger partial charge in [-0.1, -0.05) is 25.3 Å². The molecule has 0 unspecified atom stereocenters. The maximum absolute atomic E-state index is 11.3. The van der Waals surface area contributed by atoms with Crippen molar-refractivity contribution in [2.24, 2.45) is 5.73 Å². The van der Waals surface area contributed by atoms with E-state index in [4.69, 9.17) is 5.73 Å². The highest BCUT2D eigenvalue weighted by atomic mass is 16.2. The predicted octanol–water partition coefficient (Wildman–Crippen LogP) is 1.09. The third kappa shape index (κ3) is 6.04. The van der Waals surface area contributed by atoms with Gasteiger partial charge in [0.15, 0.2) is 0 Å². The Hall–Kier alpha value is -2.10. The van der Waals surface area contributed by atoms with Crippen LogP contribution in [0.25, 0.3) is 0 Å². The summed E-state index contributed by atoms with van der Waals surface area (Å²) in [6.45, 7) is 6.89. The van der Waals surface area contributed by atoms with Crippen LogP contribution in [0.5, 0.6) is 0 Å². The second kappa shape index (κ2) is 7.32. The van der Waals surface area contributed by atoms with Crippen molar-refractivity contribution in [3.63, 3.8) is 0 Å². The topological polar surface area (TPSA) is 63.4 Å². The lowest BCUT2D eigenvalue weighted by molar-refractivity contribution is -0.121. The van der Waals surface area contributed by atoms with Gasteiger partial charge in [-0.15, -0.1) is 0 Å². The number of carbonyl (C=O) groups is 2. The van der Waals surface area contributed by atoms with Crippen LogP contribution in [0.4, 0.5) is 0 Å². The van der Waals surface area contributed by atoms with E-state index in [1.165, 1.54) is 29.5 Å². The molecule has 0 radical (unpaired) electrons. The van der Waals surface area contributed by atoms with Crippen molar-refractivity contribution in [3.05, 3.63) is 49.9 Å². The lowest BCUT2D eigenvalue weighted by atomic mass is 10.3. The number of nitrogens with two attached hydrogens (primary N) is 1. The van der Waals surface area contributed by atoms with Crippen molar-refractivity contribution in [3.8, 4) is 0 Å². The normalized spacial score (nSPS) is 10.4. The summed E-state index contributed by atoms with van der Waals surface area (Å²) in [4.78, 5) is 22.8. The summed E-state index contributed by atoms with van der Waals surface area (Å²) < 4.78 is 0. The molecule has 0 bridgehead atoms. The molecule has 0 spiro atoms. The van der Waals surface area contributed by atoms with E-state index in [0.717, 1.165) is 0 Å². The first kappa shape index (κ1) is 12.9. The van der Waals surface area contributed by atoms with Crippen LogP contribution in [0.3, 0.4) is 0 Å². The van der Waals surface area contributed by atoms with E-state index in [1.54, 1.807) is 12.2 Å². The van der Waals surface area contributed by atoms with Crippen LogP contribution in [-0.4, -0.2) is 16.7 Å². The summed E-state index contributed by atoms with van der Waals surface area (Å²) in [5, 5.41) is 0. The first-order valence-electron chi connectivity index (χ1n) is 4.31. The van der Waals surface area contributed by atoms with Crippen molar-refractivity contribution < 1.29 is 9.59 Å². The molecule has 0 saturated carbocycles. The van der Waals surface area contributed by atoms with Gasteiger partial charge in [-0.05, 0) is 12.5 Å². The monoisotopic (exact) mass is 206 g/mol. The Labute approximate surface area is 89.1 Å². The third-order valence-electron chi connectivity index (χ3n) is 1.46. The summed E-state index contributed by atoms with van der Waals surface area (Å²) >= 11 is 0. The van der Waals surface area contributed by atoms with E-state index in [0.29, 0.717) is 6.42 Å². The van der Waals surface area contributed by atoms with E-state index in [-0.39, 0.29) is 5.91 Å².